The van der Waals surface area contributed by atoms with Crippen molar-refractivity contribution in [3.63, 3.8) is 0 Å². The van der Waals surface area contributed by atoms with E-state index in [1.54, 1.807) is 24.3 Å². The molecule has 4 amide bonds. The number of aliphatic hydroxyl groups is 1. The van der Waals surface area contributed by atoms with Gasteiger partial charge in [-0.25, -0.2) is 0 Å². The van der Waals surface area contributed by atoms with Crippen LogP contribution >= 0.6 is 49.6 Å². The highest BCUT2D eigenvalue weighted by Crippen LogP contribution is 2.31. The molecule has 0 aliphatic carbocycles. The summed E-state index contributed by atoms with van der Waals surface area (Å²) in [5.41, 5.74) is 25.4. The minimum Gasteiger partial charge on any atom is -0.508 e. The number of carbonyl (C=O) groups excluding carboxylic acids is 4. The monoisotopic (exact) mass is 828 g/mol. The van der Waals surface area contributed by atoms with Crippen LogP contribution < -0.4 is 44.2 Å². The first-order chi connectivity index (χ1) is 23.5. The van der Waals surface area contributed by atoms with Crippen LogP contribution in [0.4, 0.5) is 0 Å². The standard InChI is InChI=1S/C34H52N8O7.4ClH/c35-12-3-6-26(32(47)39-14-2-1-5-24(37)19-43)41-34(49)28-18-23-16-21(9-11-30(23)45)20-8-10-29(44)22(15-20)17-25(38)31(46)40-27(7-4-13-36)33(48)42-28;;;;/h8-11,15-16,24-28,43-45H,1-7,12-14,17-19,35-38H2,(H,39,47)(H,40,46)(H,41,49)(H,42,48);4*1H/t24-,25+,26+,27+,28+;;;;/m1..../s1. The van der Waals surface area contributed by atoms with E-state index < -0.39 is 47.8 Å². The number of rotatable bonds is 15. The van der Waals surface area contributed by atoms with Crippen molar-refractivity contribution in [2.24, 2.45) is 22.9 Å². The van der Waals surface area contributed by atoms with Gasteiger partial charge in [0.2, 0.25) is 23.6 Å². The molecule has 0 unspecified atom stereocenters. The predicted octanol–water partition coefficient (Wildman–Crippen LogP) is 0.416. The van der Waals surface area contributed by atoms with Crippen LogP contribution in [0.3, 0.4) is 0 Å². The lowest BCUT2D eigenvalue weighted by Crippen LogP contribution is -2.58. The number of phenols is 2. The number of aliphatic hydroxyl groups excluding tert-OH is 1. The maximum absolute atomic E-state index is 13.9. The van der Waals surface area contributed by atoms with Gasteiger partial charge in [-0.05, 0) is 98.1 Å². The number of aromatic hydroxyl groups is 2. The Morgan fingerprint density at radius 3 is 1.96 bits per heavy atom. The molecule has 0 saturated heterocycles. The summed E-state index contributed by atoms with van der Waals surface area (Å²) in [6, 6.07) is 4.90. The molecule has 0 saturated carbocycles. The lowest BCUT2D eigenvalue weighted by Gasteiger charge is -2.26. The number of nitrogens with two attached hydrogens (primary N) is 4. The highest BCUT2D eigenvalue weighted by atomic mass is 35.5. The lowest BCUT2D eigenvalue weighted by molar-refractivity contribution is -0.134. The normalized spacial score (nSPS) is 17.9. The summed E-state index contributed by atoms with van der Waals surface area (Å²) in [5.74, 6) is -2.58. The third-order valence-corrected chi connectivity index (χ3v) is 8.52. The molecule has 1 aliphatic rings. The maximum atomic E-state index is 13.9. The highest BCUT2D eigenvalue weighted by Gasteiger charge is 2.31. The zero-order valence-corrected chi connectivity index (χ0v) is 32.7. The first-order valence-corrected chi connectivity index (χ1v) is 16.8. The molecule has 53 heavy (non-hydrogen) atoms. The van der Waals surface area contributed by atoms with Gasteiger partial charge in [0, 0.05) is 25.4 Å². The number of halogens is 4. The summed E-state index contributed by atoms with van der Waals surface area (Å²) in [4.78, 5) is 54.0. The first-order valence-electron chi connectivity index (χ1n) is 16.8. The van der Waals surface area contributed by atoms with Crippen LogP contribution in [0.15, 0.2) is 36.4 Å². The molecular formula is C34H56Cl4N8O7. The Kier molecular flexibility index (Phi) is 26.1. The molecule has 3 rings (SSSR count). The SMILES string of the molecule is Cl.Cl.Cl.Cl.NCCC[C@H](NC(=O)[C@@H]1Cc2cc(ccc2O)-c2ccc(O)c(c2)C[C@H](N)C(=O)N[C@@H](CCCN)C(=O)N1)C(=O)NCCCC[C@@H](N)CO. The minimum absolute atomic E-state index is 0. The highest BCUT2D eigenvalue weighted by molar-refractivity contribution is 5.95. The third-order valence-electron chi connectivity index (χ3n) is 8.52. The summed E-state index contributed by atoms with van der Waals surface area (Å²) < 4.78 is 0. The van der Waals surface area contributed by atoms with E-state index in [1.165, 1.54) is 12.1 Å². The van der Waals surface area contributed by atoms with Gasteiger partial charge >= 0.3 is 0 Å². The fourth-order valence-corrected chi connectivity index (χ4v) is 5.58. The molecule has 19 heteroatoms. The summed E-state index contributed by atoms with van der Waals surface area (Å²) >= 11 is 0. The number of nitrogens with one attached hydrogen (secondary N) is 4. The Labute approximate surface area is 335 Å². The summed E-state index contributed by atoms with van der Waals surface area (Å²) in [6.07, 6.45) is 2.94. The first kappa shape index (κ1) is 52.0. The summed E-state index contributed by atoms with van der Waals surface area (Å²) in [7, 11) is 0. The van der Waals surface area contributed by atoms with Crippen LogP contribution in [0.5, 0.6) is 11.5 Å². The molecule has 1 heterocycles. The van der Waals surface area contributed by atoms with E-state index in [1.807, 2.05) is 0 Å². The van der Waals surface area contributed by atoms with Crippen LogP contribution in [-0.2, 0) is 32.0 Å². The second-order valence-corrected chi connectivity index (χ2v) is 12.5. The van der Waals surface area contributed by atoms with E-state index >= 15 is 0 Å². The van der Waals surface area contributed by atoms with Gasteiger partial charge in [0.25, 0.3) is 0 Å². The minimum atomic E-state index is -1.27. The van der Waals surface area contributed by atoms with Crippen molar-refractivity contribution < 1.29 is 34.5 Å². The Morgan fingerprint density at radius 2 is 1.40 bits per heavy atom. The molecule has 4 bridgehead atoms. The molecule has 5 atom stereocenters. The number of unbranched alkanes of at least 4 members (excludes halogenated alkanes) is 1. The fraction of sp³-hybridized carbons (Fsp3) is 0.529. The number of benzene rings is 2. The number of hydrogen-bond donors (Lipinski definition) is 11. The van der Waals surface area contributed by atoms with Gasteiger partial charge in [0.15, 0.2) is 0 Å². The summed E-state index contributed by atoms with van der Waals surface area (Å²) in [6.45, 7) is 0.730. The van der Waals surface area contributed by atoms with Crippen LogP contribution in [0.2, 0.25) is 0 Å². The predicted molar refractivity (Wildman–Crippen MR) is 214 cm³/mol. The molecule has 0 radical (unpaired) electrons. The van der Waals surface area contributed by atoms with Crippen LogP contribution in [0.1, 0.15) is 56.1 Å². The molecule has 1 aliphatic heterocycles. The molecule has 2 aromatic carbocycles. The molecule has 0 spiro atoms. The van der Waals surface area contributed by atoms with Crippen LogP contribution in [0, 0.1) is 0 Å². The molecular weight excluding hydrogens is 774 g/mol. The molecule has 0 aromatic heterocycles. The van der Waals surface area contributed by atoms with E-state index in [0.29, 0.717) is 60.9 Å². The Balaban J connectivity index is 0. The zero-order chi connectivity index (χ0) is 35.9. The number of carbonyl (C=O) groups is 4. The largest absolute Gasteiger partial charge is 0.508 e. The van der Waals surface area contributed by atoms with Crippen molar-refractivity contribution in [3.8, 4) is 22.6 Å². The second-order valence-electron chi connectivity index (χ2n) is 12.5. The van der Waals surface area contributed by atoms with Crippen molar-refractivity contribution in [2.75, 3.05) is 26.2 Å². The fourth-order valence-electron chi connectivity index (χ4n) is 5.58. The number of phenolic OH excluding ortho intramolecular Hbond substituents is 2. The van der Waals surface area contributed by atoms with Gasteiger partial charge in [-0.15, -0.1) is 49.6 Å². The molecule has 15 nitrogen and oxygen atoms in total. The van der Waals surface area contributed by atoms with Crippen molar-refractivity contribution >= 4 is 73.3 Å². The van der Waals surface area contributed by atoms with Crippen LogP contribution in [0.25, 0.3) is 11.1 Å². The zero-order valence-electron chi connectivity index (χ0n) is 29.5. The van der Waals surface area contributed by atoms with Crippen molar-refractivity contribution in [1.82, 2.24) is 21.3 Å². The lowest BCUT2D eigenvalue weighted by atomic mass is 9.95. The van der Waals surface area contributed by atoms with Crippen LogP contribution in [-0.4, -0.2) is 95.4 Å². The smallest absolute Gasteiger partial charge is 0.243 e. The van der Waals surface area contributed by atoms with E-state index in [2.05, 4.69) is 21.3 Å². The van der Waals surface area contributed by atoms with Crippen molar-refractivity contribution in [2.45, 2.75) is 88.0 Å². The van der Waals surface area contributed by atoms with Gasteiger partial charge in [0.1, 0.15) is 29.6 Å². The molecule has 2 aromatic rings. The van der Waals surface area contributed by atoms with Gasteiger partial charge in [-0.3, -0.25) is 19.2 Å². The van der Waals surface area contributed by atoms with E-state index in [9.17, 15) is 29.4 Å². The van der Waals surface area contributed by atoms with Crippen molar-refractivity contribution in [3.05, 3.63) is 47.5 Å². The van der Waals surface area contributed by atoms with Gasteiger partial charge in [-0.1, -0.05) is 18.6 Å². The molecule has 302 valence electrons. The average Bonchev–Trinajstić information content (AvgIpc) is 3.08. The number of amides is 4. The van der Waals surface area contributed by atoms with E-state index in [-0.39, 0.29) is 113 Å². The maximum Gasteiger partial charge on any atom is 0.243 e. The number of hydrogen-bond acceptors (Lipinski definition) is 11. The Hall–Kier alpha value is -3.12. The number of fused-ring (bicyclic) bond motifs is 5. The van der Waals surface area contributed by atoms with Gasteiger partial charge in [0.05, 0.1) is 12.6 Å². The van der Waals surface area contributed by atoms with E-state index in [4.69, 9.17) is 28.0 Å². The van der Waals surface area contributed by atoms with Gasteiger partial charge < -0.3 is 59.5 Å². The quantitative estimate of drug-likeness (QED) is 0.109. The Bertz CT molecular complexity index is 1450. The van der Waals surface area contributed by atoms with E-state index in [0.717, 1.165) is 0 Å². The summed E-state index contributed by atoms with van der Waals surface area (Å²) in [5, 5.41) is 41.4. The second kappa shape index (κ2) is 26.6. The molecule has 0 fully saturated rings. The van der Waals surface area contributed by atoms with Crippen molar-refractivity contribution in [1.29, 1.82) is 0 Å². The Morgan fingerprint density at radius 1 is 0.811 bits per heavy atom. The topological polar surface area (TPSA) is 281 Å². The molecule has 15 N–H and O–H groups in total. The third kappa shape index (κ3) is 16.4. The van der Waals surface area contributed by atoms with Gasteiger partial charge in [-0.2, -0.15) is 0 Å². The average molecular weight is 831 g/mol.